The summed E-state index contributed by atoms with van der Waals surface area (Å²) in [5, 5.41) is 1.17. The van der Waals surface area contributed by atoms with Crippen LogP contribution in [-0.2, 0) is 32.5 Å². The van der Waals surface area contributed by atoms with Gasteiger partial charge in [0.25, 0.3) is 6.71 Å². The molecule has 0 amide bonds. The second-order valence-corrected chi connectivity index (χ2v) is 25.8. The van der Waals surface area contributed by atoms with Crippen LogP contribution in [-0.4, -0.2) is 6.71 Å². The molecule has 0 bridgehead atoms. The summed E-state index contributed by atoms with van der Waals surface area (Å²) in [7, 11) is 0. The van der Waals surface area contributed by atoms with Crippen molar-refractivity contribution in [3.8, 4) is 11.1 Å². The SMILES string of the molecule is Cc1cc2c3c(c1)N(c1ccc4c(c1)C(C)(C)CCC4(C)C)c1c(oc4cc5c(cc14)C(C)(C)CCC5(C)C)B3c1cc(C(C)(C)C)ccc1N2c1ccc(C(C)(C)C)cc1-c1ccccc1F. The van der Waals surface area contributed by atoms with Crippen LogP contribution in [0.2, 0.25) is 0 Å². The zero-order valence-corrected chi connectivity index (χ0v) is 43.4. The van der Waals surface area contributed by atoms with E-state index in [-0.39, 0.29) is 45.0 Å². The van der Waals surface area contributed by atoms with E-state index < -0.39 is 0 Å². The van der Waals surface area contributed by atoms with Gasteiger partial charge in [0.15, 0.2) is 0 Å². The van der Waals surface area contributed by atoms with Crippen LogP contribution in [0.5, 0.6) is 0 Å². The van der Waals surface area contributed by atoms with Crippen molar-refractivity contribution >= 4 is 68.4 Å². The highest BCUT2D eigenvalue weighted by atomic mass is 19.1. The standard InChI is InChI=1S/C63H70BFN2O/c1-37-30-52-55-53(31-37)67(50-24-20-38(58(2,3)4)32-42(50)41-18-16-17-19-49(41)65)51-25-21-39(59(5,6)7)33-48(51)64(55)57-56(43-35-46-47(36-54(43)68-57)63(14,15)29-28-62(46,12)13)66(52)40-22-23-44-45(34-40)61(10,11)27-26-60(44,8)9/h16-25,30-36H,26-29H2,1-15H3. The van der Waals surface area contributed by atoms with Crippen LogP contribution in [0, 0.1) is 12.7 Å². The van der Waals surface area contributed by atoms with E-state index in [1.54, 1.807) is 12.1 Å². The molecular weight excluding hydrogens is 831 g/mol. The maximum Gasteiger partial charge on any atom is 0.297 e. The fourth-order valence-corrected chi connectivity index (χ4v) is 12.5. The molecule has 7 aromatic rings. The first-order valence-electron chi connectivity index (χ1n) is 25.3. The summed E-state index contributed by atoms with van der Waals surface area (Å²) >= 11 is 0. The number of hydrogen-bond acceptors (Lipinski definition) is 3. The summed E-state index contributed by atoms with van der Waals surface area (Å²) in [4.78, 5) is 5.03. The molecule has 0 saturated carbocycles. The van der Waals surface area contributed by atoms with Crippen molar-refractivity contribution in [2.75, 3.05) is 9.80 Å². The number of benzene rings is 6. The lowest BCUT2D eigenvalue weighted by Crippen LogP contribution is -2.61. The first-order valence-corrected chi connectivity index (χ1v) is 25.3. The van der Waals surface area contributed by atoms with E-state index in [0.29, 0.717) is 5.56 Å². The van der Waals surface area contributed by atoms with Gasteiger partial charge in [-0.3, -0.25) is 0 Å². The molecule has 6 aromatic carbocycles. The largest absolute Gasteiger partial charge is 0.468 e. The predicted octanol–water partition coefficient (Wildman–Crippen LogP) is 15.9. The van der Waals surface area contributed by atoms with Crippen molar-refractivity contribution in [2.45, 2.75) is 162 Å². The zero-order valence-electron chi connectivity index (χ0n) is 43.4. The van der Waals surface area contributed by atoms with E-state index in [4.69, 9.17) is 4.42 Å². The van der Waals surface area contributed by atoms with Crippen LogP contribution < -0.4 is 26.4 Å². The van der Waals surface area contributed by atoms with Crippen LogP contribution in [0.15, 0.2) is 108 Å². The van der Waals surface area contributed by atoms with Crippen LogP contribution >= 0.6 is 0 Å². The van der Waals surface area contributed by atoms with E-state index in [0.717, 1.165) is 82.1 Å². The highest BCUT2D eigenvalue weighted by molar-refractivity contribution is 7.00. The molecule has 0 radical (unpaired) electrons. The molecule has 1 aromatic heterocycles. The Kier molecular flexibility index (Phi) is 9.58. The Morgan fingerprint density at radius 2 is 1.07 bits per heavy atom. The Bertz CT molecular complexity index is 3260. The number of anilines is 6. The van der Waals surface area contributed by atoms with E-state index in [2.05, 4.69) is 193 Å². The molecule has 11 rings (SSSR count). The van der Waals surface area contributed by atoms with E-state index >= 15 is 4.39 Å². The van der Waals surface area contributed by atoms with Gasteiger partial charge >= 0.3 is 0 Å². The second kappa shape index (κ2) is 14.5. The molecular formula is C63H70BFN2O. The summed E-state index contributed by atoms with van der Waals surface area (Å²) in [5.74, 6) is -0.227. The fourth-order valence-electron chi connectivity index (χ4n) is 12.5. The lowest BCUT2D eigenvalue weighted by molar-refractivity contribution is 0.332. The summed E-state index contributed by atoms with van der Waals surface area (Å²) in [5.41, 5.74) is 21.6. The molecule has 3 nitrogen and oxygen atoms in total. The smallest absolute Gasteiger partial charge is 0.297 e. The summed E-state index contributed by atoms with van der Waals surface area (Å²) < 4.78 is 24.0. The molecule has 0 saturated heterocycles. The third-order valence-electron chi connectivity index (χ3n) is 17.0. The fraction of sp³-hybridized carbons (Fsp3) is 0.397. The lowest BCUT2D eigenvalue weighted by atomic mass is 9.35. The van der Waals surface area contributed by atoms with Crippen LogP contribution in [0.4, 0.5) is 38.5 Å². The Labute approximate surface area is 406 Å². The molecule has 0 spiro atoms. The Balaban J connectivity index is 1.28. The summed E-state index contributed by atoms with van der Waals surface area (Å²) in [6.45, 7) is 35.0. The maximum atomic E-state index is 16.4. The van der Waals surface area contributed by atoms with Crippen molar-refractivity contribution < 1.29 is 8.81 Å². The molecule has 348 valence electrons. The first kappa shape index (κ1) is 44.9. The minimum atomic E-state index is -0.227. The van der Waals surface area contributed by atoms with Crippen molar-refractivity contribution in [3.05, 3.63) is 148 Å². The monoisotopic (exact) mass is 901 g/mol. The highest BCUT2D eigenvalue weighted by Crippen LogP contribution is 2.54. The Hall–Kier alpha value is -5.55. The molecule has 3 heterocycles. The van der Waals surface area contributed by atoms with Crippen molar-refractivity contribution in [3.63, 3.8) is 0 Å². The van der Waals surface area contributed by atoms with Gasteiger partial charge in [0, 0.05) is 39.3 Å². The van der Waals surface area contributed by atoms with Gasteiger partial charge in [-0.15, -0.1) is 0 Å². The molecule has 2 aliphatic carbocycles. The van der Waals surface area contributed by atoms with Gasteiger partial charge in [-0.2, -0.15) is 0 Å². The first-order chi connectivity index (χ1) is 31.8. The van der Waals surface area contributed by atoms with Crippen molar-refractivity contribution in [1.82, 2.24) is 0 Å². The number of fused-ring (bicyclic) bond motifs is 8. The van der Waals surface area contributed by atoms with E-state index in [1.807, 2.05) is 12.1 Å². The number of nitrogens with zero attached hydrogens (tertiary/aromatic N) is 2. The van der Waals surface area contributed by atoms with E-state index in [9.17, 15) is 0 Å². The van der Waals surface area contributed by atoms with Crippen LogP contribution in [0.3, 0.4) is 0 Å². The van der Waals surface area contributed by atoms with Gasteiger partial charge in [-0.1, -0.05) is 139 Å². The molecule has 68 heavy (non-hydrogen) atoms. The van der Waals surface area contributed by atoms with Gasteiger partial charge in [-0.25, -0.2) is 4.39 Å². The summed E-state index contributed by atoms with van der Waals surface area (Å²) in [6, 6.07) is 38.2. The van der Waals surface area contributed by atoms with Gasteiger partial charge in [0.1, 0.15) is 11.4 Å². The topological polar surface area (TPSA) is 19.6 Å². The van der Waals surface area contributed by atoms with Gasteiger partial charge < -0.3 is 14.2 Å². The predicted molar refractivity (Wildman–Crippen MR) is 288 cm³/mol. The minimum absolute atomic E-state index is 0.0165. The molecule has 0 N–H and O–H groups in total. The van der Waals surface area contributed by atoms with Gasteiger partial charge in [-0.05, 0) is 176 Å². The third kappa shape index (κ3) is 6.71. The highest BCUT2D eigenvalue weighted by Gasteiger charge is 2.49. The zero-order chi connectivity index (χ0) is 48.4. The van der Waals surface area contributed by atoms with Gasteiger partial charge in [0.2, 0.25) is 0 Å². The van der Waals surface area contributed by atoms with Crippen molar-refractivity contribution in [1.29, 1.82) is 0 Å². The van der Waals surface area contributed by atoms with Gasteiger partial charge in [0.05, 0.1) is 17.0 Å². The number of halogens is 1. The van der Waals surface area contributed by atoms with E-state index in [1.165, 1.54) is 49.8 Å². The Morgan fingerprint density at radius 1 is 0.529 bits per heavy atom. The molecule has 0 fully saturated rings. The lowest BCUT2D eigenvalue weighted by Gasteiger charge is -2.45. The average molecular weight is 901 g/mol. The Morgan fingerprint density at radius 3 is 1.69 bits per heavy atom. The number of rotatable bonds is 3. The number of furan rings is 1. The normalized spacial score (nSPS) is 18.4. The molecule has 0 atom stereocenters. The van der Waals surface area contributed by atoms with Crippen LogP contribution in [0.25, 0.3) is 22.1 Å². The number of aryl methyl sites for hydroxylation is 1. The maximum absolute atomic E-state index is 16.4. The summed E-state index contributed by atoms with van der Waals surface area (Å²) in [6.07, 6.45) is 4.56. The molecule has 0 unspecified atom stereocenters. The molecule has 4 aliphatic rings. The quantitative estimate of drug-likeness (QED) is 0.165. The van der Waals surface area contributed by atoms with Crippen LogP contribution in [0.1, 0.15) is 162 Å². The van der Waals surface area contributed by atoms with Crippen molar-refractivity contribution in [2.24, 2.45) is 0 Å². The minimum Gasteiger partial charge on any atom is -0.468 e. The molecule has 2 aliphatic heterocycles. The average Bonchev–Trinajstić information content (AvgIpc) is 3.64. The molecule has 5 heteroatoms. The number of hydrogen-bond donors (Lipinski definition) is 0. The third-order valence-corrected chi connectivity index (χ3v) is 17.0. The second-order valence-electron chi connectivity index (χ2n) is 25.8.